The molecule has 1 amide bonds. The molecule has 0 aliphatic heterocycles. The molecule has 0 spiro atoms. The molecule has 88 valence electrons. The normalized spacial score (nSPS) is 26.3. The Labute approximate surface area is 93.2 Å². The van der Waals surface area contributed by atoms with Crippen LogP contribution in [0.5, 0.6) is 0 Å². The first-order valence-corrected chi connectivity index (χ1v) is 5.93. The summed E-state index contributed by atoms with van der Waals surface area (Å²) in [7, 11) is 3.84. The molecular formula is C12H24N2O. The van der Waals surface area contributed by atoms with Crippen LogP contribution in [0.4, 0.5) is 0 Å². The molecule has 0 aromatic carbocycles. The maximum Gasteiger partial charge on any atom is 0.234 e. The Bertz CT molecular complexity index is 214. The van der Waals surface area contributed by atoms with Gasteiger partial charge in [0.05, 0.1) is 6.54 Å². The second kappa shape index (κ2) is 5.50. The van der Waals surface area contributed by atoms with Crippen LogP contribution < -0.4 is 5.32 Å². The van der Waals surface area contributed by atoms with Crippen LogP contribution in [0.25, 0.3) is 0 Å². The summed E-state index contributed by atoms with van der Waals surface area (Å²) in [6, 6.07) is 0.421. The zero-order valence-corrected chi connectivity index (χ0v) is 10.4. The molecule has 0 aromatic rings. The van der Waals surface area contributed by atoms with E-state index in [-0.39, 0.29) is 5.91 Å². The van der Waals surface area contributed by atoms with E-state index in [4.69, 9.17) is 0 Å². The van der Waals surface area contributed by atoms with Crippen LogP contribution >= 0.6 is 0 Å². The maximum absolute atomic E-state index is 11.5. The fourth-order valence-electron chi connectivity index (χ4n) is 2.31. The summed E-state index contributed by atoms with van der Waals surface area (Å²) in [5, 5.41) is 3.11. The third-order valence-electron chi connectivity index (χ3n) is 3.24. The monoisotopic (exact) mass is 212 g/mol. The minimum Gasteiger partial charge on any atom is -0.352 e. The van der Waals surface area contributed by atoms with Crippen molar-refractivity contribution in [1.82, 2.24) is 10.2 Å². The van der Waals surface area contributed by atoms with Crippen molar-refractivity contribution in [3.8, 4) is 0 Å². The predicted molar refractivity (Wildman–Crippen MR) is 62.7 cm³/mol. The molecule has 3 heteroatoms. The smallest absolute Gasteiger partial charge is 0.234 e. The SMILES string of the molecule is CC(C)C1CCC(NC(=O)CN(C)C)C1. The van der Waals surface area contributed by atoms with E-state index in [0.29, 0.717) is 12.6 Å². The van der Waals surface area contributed by atoms with Gasteiger partial charge >= 0.3 is 0 Å². The third kappa shape index (κ3) is 4.20. The summed E-state index contributed by atoms with van der Waals surface area (Å²) >= 11 is 0. The lowest BCUT2D eigenvalue weighted by Crippen LogP contribution is -2.39. The molecule has 1 saturated carbocycles. The summed E-state index contributed by atoms with van der Waals surface area (Å²) in [4.78, 5) is 13.4. The standard InChI is InChI=1S/C12H24N2O/c1-9(2)10-5-6-11(7-10)13-12(15)8-14(3)4/h9-11H,5-8H2,1-4H3,(H,13,15). The second-order valence-electron chi connectivity index (χ2n) is 5.32. The van der Waals surface area contributed by atoms with Gasteiger partial charge in [0.1, 0.15) is 0 Å². The molecule has 0 heterocycles. The van der Waals surface area contributed by atoms with Gasteiger partial charge in [-0.2, -0.15) is 0 Å². The van der Waals surface area contributed by atoms with E-state index in [1.54, 1.807) is 0 Å². The first-order valence-electron chi connectivity index (χ1n) is 5.93. The Morgan fingerprint density at radius 2 is 2.07 bits per heavy atom. The number of hydrogen-bond donors (Lipinski definition) is 1. The highest BCUT2D eigenvalue weighted by atomic mass is 16.2. The number of carbonyl (C=O) groups is 1. The first kappa shape index (κ1) is 12.5. The molecule has 0 aromatic heterocycles. The van der Waals surface area contributed by atoms with Gasteiger partial charge in [-0.1, -0.05) is 13.8 Å². The van der Waals surface area contributed by atoms with Crippen molar-refractivity contribution in [3.05, 3.63) is 0 Å². The lowest BCUT2D eigenvalue weighted by Gasteiger charge is -2.17. The highest BCUT2D eigenvalue weighted by Crippen LogP contribution is 2.31. The van der Waals surface area contributed by atoms with E-state index >= 15 is 0 Å². The average Bonchev–Trinajstić information content (AvgIpc) is 2.50. The molecule has 1 fully saturated rings. The van der Waals surface area contributed by atoms with Crippen LogP contribution in [-0.2, 0) is 4.79 Å². The summed E-state index contributed by atoms with van der Waals surface area (Å²) < 4.78 is 0. The number of rotatable bonds is 4. The van der Waals surface area contributed by atoms with Gasteiger partial charge in [-0.15, -0.1) is 0 Å². The molecule has 0 radical (unpaired) electrons. The van der Waals surface area contributed by atoms with E-state index in [9.17, 15) is 4.79 Å². The van der Waals surface area contributed by atoms with Crippen LogP contribution in [0.3, 0.4) is 0 Å². The van der Waals surface area contributed by atoms with Gasteiger partial charge in [0.2, 0.25) is 5.91 Å². The Morgan fingerprint density at radius 3 is 2.53 bits per heavy atom. The average molecular weight is 212 g/mol. The van der Waals surface area contributed by atoms with Gasteiger partial charge < -0.3 is 10.2 Å². The molecule has 1 N–H and O–H groups in total. The van der Waals surface area contributed by atoms with Crippen molar-refractivity contribution in [2.75, 3.05) is 20.6 Å². The Balaban J connectivity index is 2.27. The molecular weight excluding hydrogens is 188 g/mol. The van der Waals surface area contributed by atoms with E-state index < -0.39 is 0 Å². The van der Waals surface area contributed by atoms with E-state index in [2.05, 4.69) is 19.2 Å². The number of nitrogens with one attached hydrogen (secondary N) is 1. The Hall–Kier alpha value is -0.570. The highest BCUT2D eigenvalue weighted by Gasteiger charge is 2.27. The quantitative estimate of drug-likeness (QED) is 0.765. The van der Waals surface area contributed by atoms with Gasteiger partial charge in [-0.05, 0) is 45.2 Å². The van der Waals surface area contributed by atoms with Gasteiger partial charge in [0, 0.05) is 6.04 Å². The largest absolute Gasteiger partial charge is 0.352 e. The number of amides is 1. The maximum atomic E-state index is 11.5. The lowest BCUT2D eigenvalue weighted by atomic mass is 9.94. The van der Waals surface area contributed by atoms with Crippen molar-refractivity contribution in [1.29, 1.82) is 0 Å². The summed E-state index contributed by atoms with van der Waals surface area (Å²) in [5.41, 5.74) is 0. The van der Waals surface area contributed by atoms with Gasteiger partial charge in [-0.3, -0.25) is 4.79 Å². The molecule has 1 rings (SSSR count). The predicted octanol–water partition coefficient (Wildman–Crippen LogP) is 1.49. The molecule has 1 aliphatic rings. The zero-order chi connectivity index (χ0) is 11.4. The van der Waals surface area contributed by atoms with Crippen LogP contribution in [0.2, 0.25) is 0 Å². The van der Waals surface area contributed by atoms with Crippen molar-refractivity contribution in [3.63, 3.8) is 0 Å². The van der Waals surface area contributed by atoms with Crippen molar-refractivity contribution < 1.29 is 4.79 Å². The molecule has 2 unspecified atom stereocenters. The van der Waals surface area contributed by atoms with Crippen LogP contribution in [0.1, 0.15) is 33.1 Å². The number of hydrogen-bond acceptors (Lipinski definition) is 2. The molecule has 1 aliphatic carbocycles. The minimum atomic E-state index is 0.161. The second-order valence-corrected chi connectivity index (χ2v) is 5.32. The highest BCUT2D eigenvalue weighted by molar-refractivity contribution is 5.78. The van der Waals surface area contributed by atoms with Gasteiger partial charge in [0.15, 0.2) is 0 Å². The molecule has 3 nitrogen and oxygen atoms in total. The van der Waals surface area contributed by atoms with E-state index in [0.717, 1.165) is 24.7 Å². The van der Waals surface area contributed by atoms with Crippen LogP contribution in [-0.4, -0.2) is 37.5 Å². The van der Waals surface area contributed by atoms with Crippen LogP contribution in [0, 0.1) is 11.8 Å². The van der Waals surface area contributed by atoms with Crippen molar-refractivity contribution >= 4 is 5.91 Å². The fraction of sp³-hybridized carbons (Fsp3) is 0.917. The summed E-state index contributed by atoms with van der Waals surface area (Å²) in [6.07, 6.45) is 3.59. The Kier molecular flexibility index (Phi) is 4.58. The van der Waals surface area contributed by atoms with Crippen LogP contribution in [0.15, 0.2) is 0 Å². The van der Waals surface area contributed by atoms with E-state index in [1.165, 1.54) is 6.42 Å². The molecule has 15 heavy (non-hydrogen) atoms. The Morgan fingerprint density at radius 1 is 1.40 bits per heavy atom. The zero-order valence-electron chi connectivity index (χ0n) is 10.4. The number of carbonyl (C=O) groups excluding carboxylic acids is 1. The first-order chi connectivity index (χ1) is 6.99. The fourth-order valence-corrected chi connectivity index (χ4v) is 2.31. The minimum absolute atomic E-state index is 0.161. The van der Waals surface area contributed by atoms with Crippen molar-refractivity contribution in [2.24, 2.45) is 11.8 Å². The third-order valence-corrected chi connectivity index (χ3v) is 3.24. The lowest BCUT2D eigenvalue weighted by molar-refractivity contribution is -0.122. The van der Waals surface area contributed by atoms with E-state index in [1.807, 2.05) is 19.0 Å². The van der Waals surface area contributed by atoms with Gasteiger partial charge in [0.25, 0.3) is 0 Å². The number of nitrogens with zero attached hydrogens (tertiary/aromatic N) is 1. The number of likely N-dealkylation sites (N-methyl/N-ethyl adjacent to an activating group) is 1. The topological polar surface area (TPSA) is 32.3 Å². The summed E-state index contributed by atoms with van der Waals surface area (Å²) in [6.45, 7) is 5.05. The molecule has 0 bridgehead atoms. The summed E-state index contributed by atoms with van der Waals surface area (Å²) in [5.74, 6) is 1.71. The molecule has 0 saturated heterocycles. The van der Waals surface area contributed by atoms with Gasteiger partial charge in [-0.25, -0.2) is 0 Å². The van der Waals surface area contributed by atoms with Crippen molar-refractivity contribution in [2.45, 2.75) is 39.2 Å². The molecule has 2 atom stereocenters.